The third-order valence-electron chi connectivity index (χ3n) is 12.8. The fraction of sp³-hybridized carbons (Fsp3) is 0.750. The number of rotatable bonds is 19. The third-order valence-corrected chi connectivity index (χ3v) is 13.8. The van der Waals surface area contributed by atoms with Crippen LogP contribution < -0.4 is 10.6 Å². The van der Waals surface area contributed by atoms with E-state index < -0.39 is 73.7 Å². The topological polar surface area (TPSA) is 184 Å². The minimum atomic E-state index is -3.12. The molecule has 2 saturated heterocycles. The number of nitrogens with zero attached hydrogens (tertiary/aromatic N) is 3. The van der Waals surface area contributed by atoms with Crippen LogP contribution in [0.4, 0.5) is 4.79 Å². The average molecular weight is 862 g/mol. The predicted octanol–water partition coefficient (Wildman–Crippen LogP) is 4.99. The molecule has 5 amide bonds. The Bertz CT molecular complexity index is 1660. The van der Waals surface area contributed by atoms with Crippen molar-refractivity contribution >= 4 is 37.7 Å². The van der Waals surface area contributed by atoms with Gasteiger partial charge in [0, 0.05) is 40.3 Å². The van der Waals surface area contributed by atoms with E-state index in [0.29, 0.717) is 32.2 Å². The molecule has 16 heteroatoms. The van der Waals surface area contributed by atoms with Crippen LogP contribution in [-0.2, 0) is 44.4 Å². The van der Waals surface area contributed by atoms with E-state index in [4.69, 9.17) is 14.2 Å². The molecule has 338 valence electrons. The molecule has 1 aromatic rings. The normalized spacial score (nSPS) is 24.2. The van der Waals surface area contributed by atoms with E-state index in [1.165, 1.54) is 14.2 Å². The first-order valence-corrected chi connectivity index (χ1v) is 23.2. The van der Waals surface area contributed by atoms with Gasteiger partial charge in [0.05, 0.1) is 36.6 Å². The van der Waals surface area contributed by atoms with Crippen molar-refractivity contribution in [2.75, 3.05) is 27.8 Å². The lowest BCUT2D eigenvalue weighted by Gasteiger charge is -2.41. The molecule has 3 fully saturated rings. The molecule has 4 rings (SSSR count). The summed E-state index contributed by atoms with van der Waals surface area (Å²) in [6.07, 6.45) is 2.55. The minimum absolute atomic E-state index is 0.0205. The number of methoxy groups -OCH3 is 2. The second-order valence-corrected chi connectivity index (χ2v) is 19.8. The molecule has 2 bridgehead atoms. The highest BCUT2D eigenvalue weighted by Crippen LogP contribution is 2.43. The first-order valence-electron chi connectivity index (χ1n) is 21.7. The lowest BCUT2D eigenvalue weighted by Crippen LogP contribution is -2.61. The van der Waals surface area contributed by atoms with Gasteiger partial charge in [-0.25, -0.2) is 4.79 Å². The summed E-state index contributed by atoms with van der Waals surface area (Å²) < 4.78 is 30.0. The van der Waals surface area contributed by atoms with Gasteiger partial charge in [0.25, 0.3) is 0 Å². The molecule has 0 radical (unpaired) electrons. The molecule has 60 heavy (non-hydrogen) atoms. The lowest BCUT2D eigenvalue weighted by molar-refractivity contribution is -0.148. The number of fused-ring (bicyclic) bond motifs is 2. The van der Waals surface area contributed by atoms with E-state index in [1.807, 2.05) is 58.0 Å². The van der Waals surface area contributed by atoms with Gasteiger partial charge in [-0.2, -0.15) is 0 Å². The van der Waals surface area contributed by atoms with E-state index in [0.717, 1.165) is 18.4 Å². The molecule has 1 saturated carbocycles. The highest BCUT2D eigenvalue weighted by atomic mass is 31.1. The number of benzene rings is 1. The van der Waals surface area contributed by atoms with Crippen LogP contribution in [0, 0.1) is 23.7 Å². The van der Waals surface area contributed by atoms with Gasteiger partial charge in [-0.3, -0.25) is 28.6 Å². The number of hydrogen-bond donors (Lipinski definition) is 3. The van der Waals surface area contributed by atoms with E-state index in [-0.39, 0.29) is 54.4 Å². The number of carbonyl (C=O) groups excluding carboxylic acids is 5. The van der Waals surface area contributed by atoms with Crippen molar-refractivity contribution in [3.8, 4) is 0 Å². The summed E-state index contributed by atoms with van der Waals surface area (Å²) in [6, 6.07) is 6.49. The maximum atomic E-state index is 14.5. The van der Waals surface area contributed by atoms with E-state index in [2.05, 4.69) is 10.6 Å². The molecule has 3 N–H and O–H groups in total. The number of amides is 5. The monoisotopic (exact) mass is 862 g/mol. The van der Waals surface area contributed by atoms with Crippen LogP contribution in [0.3, 0.4) is 0 Å². The number of ether oxygens (including phenoxy) is 3. The molecule has 3 aliphatic rings. The first kappa shape index (κ1) is 49.1. The second kappa shape index (κ2) is 21.5. The summed E-state index contributed by atoms with van der Waals surface area (Å²) in [7, 11) is 1.59. The summed E-state index contributed by atoms with van der Waals surface area (Å²) in [5, 5.41) is 5.79. The molecule has 2 aliphatic heterocycles. The number of hydrogen-bond acceptors (Lipinski definition) is 9. The molecule has 1 unspecified atom stereocenters. The van der Waals surface area contributed by atoms with E-state index >= 15 is 0 Å². The van der Waals surface area contributed by atoms with Gasteiger partial charge in [0.15, 0.2) is 0 Å². The zero-order chi connectivity index (χ0) is 44.6. The summed E-state index contributed by atoms with van der Waals surface area (Å²) >= 11 is 0. The second-order valence-electron chi connectivity index (χ2n) is 18.5. The summed E-state index contributed by atoms with van der Waals surface area (Å²) in [6.45, 7) is 15.3. The van der Waals surface area contributed by atoms with Gasteiger partial charge in [0.2, 0.25) is 31.7 Å². The van der Waals surface area contributed by atoms with Crippen LogP contribution in [0.5, 0.6) is 0 Å². The molecule has 0 spiro atoms. The Morgan fingerprint density at radius 2 is 1.65 bits per heavy atom. The average Bonchev–Trinajstić information content (AvgIpc) is 3.96. The maximum absolute atomic E-state index is 14.5. The SMILES string of the molecule is CC[C@H](C)[C@@H]([C@@H](CC(=O)N1CCC[C@H]1[C@H](OC)[C@@H](C)C(=O)N[C@@H](Cc1ccccc1)[PH](=O)O)OC)N(C)C(=O)[C@@H](NC(=O)[C@@H]1[C@H]2CC[C@H](C2)N1C(=O)OC(C)(C)C)C(C)C. The van der Waals surface area contributed by atoms with Gasteiger partial charge < -0.3 is 39.5 Å². The predicted molar refractivity (Wildman–Crippen MR) is 229 cm³/mol. The Hall–Kier alpha value is -3.52. The molecular formula is C44H72N5O10P. The molecule has 12 atom stereocenters. The minimum Gasteiger partial charge on any atom is -0.444 e. The number of piperidine rings is 1. The summed E-state index contributed by atoms with van der Waals surface area (Å²) in [5.74, 6) is -3.45. The third kappa shape index (κ3) is 11.9. The number of nitrogens with one attached hydrogen (secondary N) is 2. The Morgan fingerprint density at radius 3 is 2.22 bits per heavy atom. The molecule has 15 nitrogen and oxygen atoms in total. The van der Waals surface area contributed by atoms with Crippen LogP contribution in [-0.4, -0.2) is 131 Å². The van der Waals surface area contributed by atoms with Crippen LogP contribution in [0.2, 0.25) is 0 Å². The van der Waals surface area contributed by atoms with Crippen molar-refractivity contribution in [3.05, 3.63) is 35.9 Å². The highest BCUT2D eigenvalue weighted by molar-refractivity contribution is 7.38. The largest absolute Gasteiger partial charge is 0.444 e. The Kier molecular flexibility index (Phi) is 17.6. The van der Waals surface area contributed by atoms with Crippen LogP contribution >= 0.6 is 8.03 Å². The Labute approximate surface area is 357 Å². The van der Waals surface area contributed by atoms with Crippen molar-refractivity contribution in [1.29, 1.82) is 0 Å². The van der Waals surface area contributed by atoms with Crippen LogP contribution in [0.1, 0.15) is 106 Å². The summed E-state index contributed by atoms with van der Waals surface area (Å²) in [4.78, 5) is 84.9. The maximum Gasteiger partial charge on any atom is 0.411 e. The van der Waals surface area contributed by atoms with Gasteiger partial charge in [-0.15, -0.1) is 0 Å². The van der Waals surface area contributed by atoms with E-state index in [9.17, 15) is 33.4 Å². The van der Waals surface area contributed by atoms with Gasteiger partial charge in [-0.05, 0) is 76.2 Å². The molecule has 1 aromatic carbocycles. The van der Waals surface area contributed by atoms with Gasteiger partial charge >= 0.3 is 6.09 Å². The smallest absolute Gasteiger partial charge is 0.411 e. The first-order chi connectivity index (χ1) is 28.2. The highest BCUT2D eigenvalue weighted by Gasteiger charge is 2.53. The zero-order valence-electron chi connectivity index (χ0n) is 37.6. The standard InChI is InChI=1S/C44H72N5O10P/c1-12-27(4)37(47(9)42(53)36(26(2)3)46-41(52)38-30-20-21-31(24-30)49(38)43(54)59-44(6,7)8)33(57-10)25-35(50)48-22-16-19-32(48)39(58-11)28(5)40(51)45-34(60(55)56)23-29-17-14-13-15-18-29/h13-15,17-18,26-28,30-34,36-39,60H,12,16,19-25H2,1-11H3,(H,45,51)(H,46,52)(H,55,56)/t27-,28+,30-,31+,32-,33+,34+,36-,37-,38-,39+/m0/s1. The van der Waals surface area contributed by atoms with Crippen molar-refractivity contribution < 1.29 is 47.6 Å². The quantitative estimate of drug-likeness (QED) is 0.160. The van der Waals surface area contributed by atoms with Crippen molar-refractivity contribution in [2.24, 2.45) is 23.7 Å². The van der Waals surface area contributed by atoms with Crippen LogP contribution in [0.15, 0.2) is 30.3 Å². The Balaban J connectivity index is 1.48. The van der Waals surface area contributed by atoms with Crippen molar-refractivity contribution in [2.45, 2.75) is 161 Å². The fourth-order valence-corrected chi connectivity index (χ4v) is 10.2. The molecule has 1 aliphatic carbocycles. The van der Waals surface area contributed by atoms with Crippen LogP contribution in [0.25, 0.3) is 0 Å². The van der Waals surface area contributed by atoms with Crippen molar-refractivity contribution in [3.63, 3.8) is 0 Å². The molecular weight excluding hydrogens is 789 g/mol. The lowest BCUT2D eigenvalue weighted by atomic mass is 9.89. The van der Waals surface area contributed by atoms with E-state index in [1.54, 1.807) is 49.4 Å². The van der Waals surface area contributed by atoms with Gasteiger partial charge in [-0.1, -0.05) is 71.4 Å². The number of carbonyl (C=O) groups is 5. The summed E-state index contributed by atoms with van der Waals surface area (Å²) in [5.41, 5.74) is 0.0957. The Morgan fingerprint density at radius 1 is 0.983 bits per heavy atom. The fourth-order valence-electron chi connectivity index (χ4n) is 9.53. The molecule has 2 heterocycles. The van der Waals surface area contributed by atoms with Gasteiger partial charge in [0.1, 0.15) is 23.5 Å². The number of likely N-dealkylation sites (N-methyl/N-ethyl adjacent to an activating group) is 1. The van der Waals surface area contributed by atoms with Crippen molar-refractivity contribution in [1.82, 2.24) is 25.3 Å². The number of likely N-dealkylation sites (tertiary alicyclic amines) is 2. The zero-order valence-corrected chi connectivity index (χ0v) is 38.6. The molecule has 0 aromatic heterocycles.